The number of aromatic amines is 1. The van der Waals surface area contributed by atoms with Crippen molar-refractivity contribution in [1.82, 2.24) is 29.8 Å². The minimum atomic E-state index is -2.69. The number of nitrogens with one attached hydrogen (secondary N) is 2. The van der Waals surface area contributed by atoms with Crippen LogP contribution in [0.5, 0.6) is 0 Å². The SMILES string of the molecule is O=C(Nc1ccn2nc(N3CC[C@@H](F)C3)nc2c1)c1[nH]ncc1-c1nc(C(F)F)cs1. The lowest BCUT2D eigenvalue weighted by Crippen LogP contribution is -2.21. The zero-order valence-corrected chi connectivity index (χ0v) is 16.6. The van der Waals surface area contributed by atoms with Crippen molar-refractivity contribution in [2.45, 2.75) is 19.0 Å². The van der Waals surface area contributed by atoms with Crippen molar-refractivity contribution in [3.8, 4) is 10.6 Å². The lowest BCUT2D eigenvalue weighted by atomic mass is 10.2. The number of amides is 1. The monoisotopic (exact) mass is 448 g/mol. The van der Waals surface area contributed by atoms with Crippen LogP contribution in [-0.4, -0.2) is 54.9 Å². The highest BCUT2D eigenvalue weighted by Crippen LogP contribution is 2.30. The number of carbonyl (C=O) groups excluding carboxylic acids is 1. The van der Waals surface area contributed by atoms with Gasteiger partial charge in [0.15, 0.2) is 5.65 Å². The fraction of sp³-hybridized carbons (Fsp3) is 0.278. The van der Waals surface area contributed by atoms with Gasteiger partial charge in [-0.1, -0.05) is 0 Å². The van der Waals surface area contributed by atoms with Crippen molar-refractivity contribution in [2.24, 2.45) is 0 Å². The summed E-state index contributed by atoms with van der Waals surface area (Å²) in [6, 6.07) is 3.27. The number of anilines is 2. The quantitative estimate of drug-likeness (QED) is 0.486. The van der Waals surface area contributed by atoms with Gasteiger partial charge in [0.2, 0.25) is 5.95 Å². The first kappa shape index (κ1) is 19.5. The van der Waals surface area contributed by atoms with Crippen molar-refractivity contribution >= 4 is 34.5 Å². The molecule has 5 heterocycles. The van der Waals surface area contributed by atoms with Gasteiger partial charge in [-0.2, -0.15) is 10.1 Å². The molecule has 4 aromatic rings. The molecule has 13 heteroatoms. The third-order valence-corrected chi connectivity index (χ3v) is 5.73. The lowest BCUT2D eigenvalue weighted by molar-refractivity contribution is 0.102. The molecule has 1 saturated heterocycles. The van der Waals surface area contributed by atoms with Crippen LogP contribution in [0.1, 0.15) is 29.0 Å². The van der Waals surface area contributed by atoms with Crippen LogP contribution in [0, 0.1) is 0 Å². The van der Waals surface area contributed by atoms with Gasteiger partial charge in [-0.3, -0.25) is 9.89 Å². The van der Waals surface area contributed by atoms with E-state index < -0.39 is 18.5 Å². The second-order valence-corrected chi connectivity index (χ2v) is 7.81. The first-order valence-corrected chi connectivity index (χ1v) is 10.2. The number of nitrogens with zero attached hydrogens (tertiary/aromatic N) is 6. The summed E-state index contributed by atoms with van der Waals surface area (Å²) in [7, 11) is 0. The Morgan fingerprint density at radius 2 is 2.23 bits per heavy atom. The number of hydrogen-bond acceptors (Lipinski definition) is 7. The molecule has 1 amide bonds. The van der Waals surface area contributed by atoms with E-state index in [1.54, 1.807) is 27.7 Å². The molecule has 0 spiro atoms. The van der Waals surface area contributed by atoms with Gasteiger partial charge in [-0.05, 0) is 12.5 Å². The maximum atomic E-state index is 13.5. The minimum Gasteiger partial charge on any atom is -0.336 e. The summed E-state index contributed by atoms with van der Waals surface area (Å²) < 4.78 is 40.6. The van der Waals surface area contributed by atoms with Gasteiger partial charge in [0, 0.05) is 29.9 Å². The van der Waals surface area contributed by atoms with Crippen molar-refractivity contribution in [1.29, 1.82) is 0 Å². The molecule has 0 radical (unpaired) electrons. The molecule has 1 aliphatic rings. The van der Waals surface area contributed by atoms with Gasteiger partial charge in [-0.15, -0.1) is 16.4 Å². The number of rotatable bonds is 5. The Kier molecular flexibility index (Phi) is 4.81. The summed E-state index contributed by atoms with van der Waals surface area (Å²) in [5, 5.41) is 15.0. The zero-order valence-electron chi connectivity index (χ0n) is 15.8. The summed E-state index contributed by atoms with van der Waals surface area (Å²) >= 11 is 1.01. The Morgan fingerprint density at radius 1 is 1.35 bits per heavy atom. The van der Waals surface area contributed by atoms with Crippen LogP contribution in [0.4, 0.5) is 24.8 Å². The highest BCUT2D eigenvalue weighted by Gasteiger charge is 2.25. The third-order valence-electron chi connectivity index (χ3n) is 4.84. The number of fused-ring (bicyclic) bond motifs is 1. The summed E-state index contributed by atoms with van der Waals surface area (Å²) in [5.74, 6) is -0.0803. The fourth-order valence-electron chi connectivity index (χ4n) is 3.31. The Labute approximate surface area is 176 Å². The third kappa shape index (κ3) is 3.71. The molecule has 0 aliphatic carbocycles. The van der Waals surface area contributed by atoms with Gasteiger partial charge in [0.05, 0.1) is 18.3 Å². The Bertz CT molecular complexity index is 1250. The van der Waals surface area contributed by atoms with Gasteiger partial charge in [0.1, 0.15) is 22.6 Å². The summed E-state index contributed by atoms with van der Waals surface area (Å²) in [6.07, 6.45) is -0.134. The predicted molar refractivity (Wildman–Crippen MR) is 107 cm³/mol. The maximum Gasteiger partial charge on any atom is 0.281 e. The van der Waals surface area contributed by atoms with E-state index in [1.807, 2.05) is 0 Å². The number of pyridine rings is 1. The molecule has 0 aromatic carbocycles. The number of halogens is 3. The molecule has 1 atom stereocenters. The second kappa shape index (κ2) is 7.65. The summed E-state index contributed by atoms with van der Waals surface area (Å²) in [4.78, 5) is 22.8. The molecule has 9 nitrogen and oxygen atoms in total. The van der Waals surface area contributed by atoms with Crippen LogP contribution in [0.3, 0.4) is 0 Å². The van der Waals surface area contributed by atoms with Crippen molar-refractivity contribution in [3.05, 3.63) is 41.3 Å². The first-order chi connectivity index (χ1) is 15.0. The molecular formula is C18H15F3N8OS. The van der Waals surface area contributed by atoms with Crippen LogP contribution in [0.25, 0.3) is 16.2 Å². The van der Waals surface area contributed by atoms with E-state index >= 15 is 0 Å². The van der Waals surface area contributed by atoms with Crippen LogP contribution in [-0.2, 0) is 0 Å². The Balaban J connectivity index is 1.36. The summed E-state index contributed by atoms with van der Waals surface area (Å²) in [5.41, 5.74) is 1.02. The van der Waals surface area contributed by atoms with Crippen LogP contribution in [0.2, 0.25) is 0 Å². The van der Waals surface area contributed by atoms with E-state index in [1.165, 1.54) is 11.6 Å². The molecule has 0 unspecified atom stereocenters. The van der Waals surface area contributed by atoms with Crippen molar-refractivity contribution in [2.75, 3.05) is 23.3 Å². The van der Waals surface area contributed by atoms with Crippen molar-refractivity contribution in [3.63, 3.8) is 0 Å². The molecule has 0 bridgehead atoms. The molecule has 2 N–H and O–H groups in total. The highest BCUT2D eigenvalue weighted by atomic mass is 32.1. The van der Waals surface area contributed by atoms with E-state index in [0.717, 1.165) is 11.3 Å². The van der Waals surface area contributed by atoms with Gasteiger partial charge >= 0.3 is 0 Å². The number of carbonyl (C=O) groups is 1. The van der Waals surface area contributed by atoms with E-state index in [4.69, 9.17) is 0 Å². The molecule has 31 heavy (non-hydrogen) atoms. The van der Waals surface area contributed by atoms with Crippen molar-refractivity contribution < 1.29 is 18.0 Å². The minimum absolute atomic E-state index is 0.100. The van der Waals surface area contributed by atoms with E-state index in [9.17, 15) is 18.0 Å². The lowest BCUT2D eigenvalue weighted by Gasteiger charge is -2.10. The smallest absolute Gasteiger partial charge is 0.281 e. The predicted octanol–water partition coefficient (Wildman–Crippen LogP) is 3.31. The van der Waals surface area contributed by atoms with E-state index in [2.05, 4.69) is 30.6 Å². The molecule has 1 fully saturated rings. The molecular weight excluding hydrogens is 433 g/mol. The Hall–Kier alpha value is -3.48. The molecule has 5 rings (SSSR count). The Morgan fingerprint density at radius 3 is 2.97 bits per heavy atom. The van der Waals surface area contributed by atoms with E-state index in [0.29, 0.717) is 35.8 Å². The highest BCUT2D eigenvalue weighted by molar-refractivity contribution is 7.13. The second-order valence-electron chi connectivity index (χ2n) is 6.95. The van der Waals surface area contributed by atoms with Gasteiger partial charge in [0.25, 0.3) is 12.3 Å². The van der Waals surface area contributed by atoms with E-state index in [-0.39, 0.29) is 22.9 Å². The number of hydrogen-bond donors (Lipinski definition) is 2. The van der Waals surface area contributed by atoms with Crippen LogP contribution in [0.15, 0.2) is 29.9 Å². The van der Waals surface area contributed by atoms with Crippen LogP contribution >= 0.6 is 11.3 Å². The molecule has 160 valence electrons. The largest absolute Gasteiger partial charge is 0.336 e. The first-order valence-electron chi connectivity index (χ1n) is 9.32. The zero-order chi connectivity index (χ0) is 21.5. The standard InChI is InChI=1S/C18H15F3N8OS/c19-9-1-3-28(7-9)18-25-13-5-10(2-4-29(13)27-18)23-16(30)14-11(6-22-26-14)17-24-12(8-31-17)15(20)21/h2,4-6,8-9,15H,1,3,7H2,(H,22,26)(H,23,30)/t9-/m1/s1. The molecule has 0 saturated carbocycles. The average molecular weight is 448 g/mol. The van der Waals surface area contributed by atoms with Crippen LogP contribution < -0.4 is 10.2 Å². The number of alkyl halides is 3. The number of thiazole rings is 1. The topological polar surface area (TPSA) is 104 Å². The van der Waals surface area contributed by atoms with Gasteiger partial charge < -0.3 is 10.2 Å². The fourth-order valence-corrected chi connectivity index (χ4v) is 4.13. The average Bonchev–Trinajstić information content (AvgIpc) is 3.51. The maximum absolute atomic E-state index is 13.5. The summed E-state index contributed by atoms with van der Waals surface area (Å²) in [6.45, 7) is 0.807. The molecule has 1 aliphatic heterocycles. The van der Waals surface area contributed by atoms with Gasteiger partial charge in [-0.25, -0.2) is 22.7 Å². The molecule has 4 aromatic heterocycles. The number of H-pyrrole nitrogens is 1. The normalized spacial score (nSPS) is 16.5. The number of aromatic nitrogens is 6.